The van der Waals surface area contributed by atoms with Gasteiger partial charge in [-0.2, -0.15) is 0 Å². The average molecular weight is 822 g/mol. The molecule has 1 aliphatic rings. The van der Waals surface area contributed by atoms with Crippen LogP contribution in [0.5, 0.6) is 5.75 Å². The SMILES string of the molecule is CC(C)C[C@H](NC(=O)[C@H](Cc1ccccc1)NC(=O)CNC(=O)CNC(=O)[C@@H](N)Cc1ccc(O)cc1)C(=O)OC[C@H]1O[C@@H](OC(=O)c2ccccc2)[C@H](O)[C@@H](O)[C@@H]1O. The lowest BCUT2D eigenvalue weighted by Crippen LogP contribution is -2.60. The van der Waals surface area contributed by atoms with Crippen molar-refractivity contribution in [1.82, 2.24) is 21.3 Å². The van der Waals surface area contributed by atoms with Gasteiger partial charge in [0, 0.05) is 6.42 Å². The Morgan fingerprint density at radius 2 is 1.32 bits per heavy atom. The lowest BCUT2D eigenvalue weighted by molar-refractivity contribution is -0.286. The summed E-state index contributed by atoms with van der Waals surface area (Å²) in [5.41, 5.74) is 7.44. The third-order valence-electron chi connectivity index (χ3n) is 9.13. The van der Waals surface area contributed by atoms with Crippen LogP contribution in [0.25, 0.3) is 0 Å². The van der Waals surface area contributed by atoms with Crippen molar-refractivity contribution in [3.63, 3.8) is 0 Å². The summed E-state index contributed by atoms with van der Waals surface area (Å²) in [6.45, 7) is 1.88. The summed E-state index contributed by atoms with van der Waals surface area (Å²) in [6, 6.07) is 19.1. The number of carbonyl (C=O) groups excluding carboxylic acids is 6. The number of aliphatic hydroxyl groups excluding tert-OH is 3. The van der Waals surface area contributed by atoms with E-state index in [-0.39, 0.29) is 36.5 Å². The van der Waals surface area contributed by atoms with Crippen LogP contribution in [0.15, 0.2) is 84.9 Å². The number of benzene rings is 3. The molecule has 1 heterocycles. The lowest BCUT2D eigenvalue weighted by Gasteiger charge is -2.39. The molecule has 1 fully saturated rings. The molecule has 0 aliphatic carbocycles. The number of nitrogens with one attached hydrogen (secondary N) is 4. The molecule has 3 aromatic rings. The van der Waals surface area contributed by atoms with Gasteiger partial charge in [0.15, 0.2) is 0 Å². The van der Waals surface area contributed by atoms with Gasteiger partial charge in [-0.1, -0.05) is 74.5 Å². The van der Waals surface area contributed by atoms with E-state index >= 15 is 0 Å². The fourth-order valence-corrected chi connectivity index (χ4v) is 5.94. The van der Waals surface area contributed by atoms with Gasteiger partial charge < -0.3 is 61.6 Å². The predicted molar refractivity (Wildman–Crippen MR) is 209 cm³/mol. The van der Waals surface area contributed by atoms with Crippen molar-refractivity contribution in [2.75, 3.05) is 19.7 Å². The number of nitrogens with two attached hydrogens (primary N) is 1. The van der Waals surface area contributed by atoms with Gasteiger partial charge in [0.1, 0.15) is 48.9 Å². The molecule has 0 aromatic heterocycles. The van der Waals surface area contributed by atoms with Crippen molar-refractivity contribution < 1.29 is 63.4 Å². The zero-order chi connectivity index (χ0) is 43.1. The quantitative estimate of drug-likeness (QED) is 0.0654. The second-order valence-electron chi connectivity index (χ2n) is 14.4. The van der Waals surface area contributed by atoms with Gasteiger partial charge in [-0.15, -0.1) is 0 Å². The van der Waals surface area contributed by atoms with Crippen LogP contribution in [0.1, 0.15) is 41.8 Å². The minimum absolute atomic E-state index is 0.00378. The van der Waals surface area contributed by atoms with E-state index in [9.17, 15) is 49.2 Å². The molecule has 318 valence electrons. The van der Waals surface area contributed by atoms with Gasteiger partial charge in [0.05, 0.1) is 24.7 Å². The van der Waals surface area contributed by atoms with Crippen LogP contribution in [0.2, 0.25) is 0 Å². The molecule has 18 nitrogen and oxygen atoms in total. The fourth-order valence-electron chi connectivity index (χ4n) is 5.94. The maximum Gasteiger partial charge on any atom is 0.340 e. The van der Waals surface area contributed by atoms with Crippen LogP contribution in [-0.2, 0) is 51.0 Å². The molecule has 0 saturated carbocycles. The third kappa shape index (κ3) is 14.4. The molecule has 18 heteroatoms. The van der Waals surface area contributed by atoms with Crippen molar-refractivity contribution >= 4 is 35.6 Å². The van der Waals surface area contributed by atoms with Crippen molar-refractivity contribution in [2.24, 2.45) is 11.7 Å². The van der Waals surface area contributed by atoms with Crippen LogP contribution < -0.4 is 27.0 Å². The topological polar surface area (TPSA) is 285 Å². The Kier molecular flexibility index (Phi) is 17.3. The molecule has 3 aromatic carbocycles. The third-order valence-corrected chi connectivity index (χ3v) is 9.13. The highest BCUT2D eigenvalue weighted by molar-refractivity contribution is 5.93. The molecule has 1 aliphatic heterocycles. The molecule has 0 radical (unpaired) electrons. The number of amides is 4. The molecule has 1 saturated heterocycles. The highest BCUT2D eigenvalue weighted by Crippen LogP contribution is 2.24. The normalized spacial score (nSPS) is 20.3. The summed E-state index contributed by atoms with van der Waals surface area (Å²) >= 11 is 0. The van der Waals surface area contributed by atoms with Crippen LogP contribution in [-0.4, -0.2) is 125 Å². The zero-order valence-corrected chi connectivity index (χ0v) is 32.6. The Labute approximate surface area is 340 Å². The van der Waals surface area contributed by atoms with E-state index in [2.05, 4.69) is 21.3 Å². The molecule has 4 amide bonds. The van der Waals surface area contributed by atoms with Gasteiger partial charge >= 0.3 is 11.9 Å². The van der Waals surface area contributed by atoms with Crippen molar-refractivity contribution in [1.29, 1.82) is 0 Å². The lowest BCUT2D eigenvalue weighted by atomic mass is 9.99. The summed E-state index contributed by atoms with van der Waals surface area (Å²) < 4.78 is 16.2. The number of phenols is 1. The zero-order valence-electron chi connectivity index (χ0n) is 32.6. The molecule has 8 atom stereocenters. The summed E-state index contributed by atoms with van der Waals surface area (Å²) in [5, 5.41) is 50.9. The van der Waals surface area contributed by atoms with Gasteiger partial charge in [-0.05, 0) is 54.2 Å². The molecule has 0 bridgehead atoms. The average Bonchev–Trinajstić information content (AvgIpc) is 3.22. The number of ether oxygens (including phenoxy) is 3. The van der Waals surface area contributed by atoms with Crippen LogP contribution in [0, 0.1) is 5.92 Å². The first-order chi connectivity index (χ1) is 28.1. The predicted octanol–water partition coefficient (Wildman–Crippen LogP) is -1.04. The van der Waals surface area contributed by atoms with Crippen molar-refractivity contribution in [2.45, 2.75) is 81.9 Å². The summed E-state index contributed by atoms with van der Waals surface area (Å²) in [7, 11) is 0. The number of phenolic OH excluding ortho intramolecular Hbond substituents is 1. The number of carbonyl (C=O) groups is 6. The van der Waals surface area contributed by atoms with Gasteiger partial charge in [-0.25, -0.2) is 9.59 Å². The van der Waals surface area contributed by atoms with E-state index in [1.165, 1.54) is 24.3 Å². The van der Waals surface area contributed by atoms with E-state index in [0.717, 1.165) is 0 Å². The Morgan fingerprint density at radius 1 is 0.712 bits per heavy atom. The molecule has 59 heavy (non-hydrogen) atoms. The molecule has 0 spiro atoms. The molecule has 4 rings (SSSR count). The summed E-state index contributed by atoms with van der Waals surface area (Å²) in [5.74, 6) is -4.73. The van der Waals surface area contributed by atoms with Gasteiger partial charge in [-0.3, -0.25) is 19.2 Å². The summed E-state index contributed by atoms with van der Waals surface area (Å²) in [4.78, 5) is 77.7. The smallest absolute Gasteiger partial charge is 0.340 e. The maximum absolute atomic E-state index is 13.7. The maximum atomic E-state index is 13.7. The van der Waals surface area contributed by atoms with E-state index in [0.29, 0.717) is 11.1 Å². The molecular weight excluding hydrogens is 770 g/mol. The minimum atomic E-state index is -1.83. The Hall–Kier alpha value is -5.92. The summed E-state index contributed by atoms with van der Waals surface area (Å²) in [6.07, 6.45) is -8.34. The standard InChI is InChI=1S/C41H51N5O13/c1-23(2)17-30(40(56)57-22-31-34(50)35(51)36(52)41(58-31)59-39(55)26-11-7-4-8-12-26)46-38(54)29(19-24-9-5-3-6-10-24)45-33(49)21-43-32(48)20-44-37(53)28(42)18-25-13-15-27(47)16-14-25/h3-16,23,28-31,34-36,41,47,50-52H,17-22,42H2,1-2H3,(H,43,48)(H,44,53)(H,45,49)(H,46,54)/t28-,29-,30-,31+,34+,35-,36+,41-/m0/s1. The Balaban J connectivity index is 1.33. The second kappa shape index (κ2) is 22.3. The van der Waals surface area contributed by atoms with E-state index in [4.69, 9.17) is 19.9 Å². The minimum Gasteiger partial charge on any atom is -0.508 e. The van der Waals surface area contributed by atoms with Gasteiger partial charge in [0.2, 0.25) is 29.9 Å². The molecule has 0 unspecified atom stereocenters. The highest BCUT2D eigenvalue weighted by atomic mass is 16.7. The number of aromatic hydroxyl groups is 1. The fraction of sp³-hybridized carbons (Fsp3) is 0.415. The Morgan fingerprint density at radius 3 is 1.97 bits per heavy atom. The number of rotatable bonds is 19. The van der Waals surface area contributed by atoms with Crippen LogP contribution >= 0.6 is 0 Å². The first-order valence-electron chi connectivity index (χ1n) is 18.9. The first kappa shape index (κ1) is 45.8. The first-order valence-corrected chi connectivity index (χ1v) is 18.9. The number of esters is 2. The van der Waals surface area contributed by atoms with E-state index in [1.807, 2.05) is 0 Å². The molecular formula is C41H51N5O13. The second-order valence-corrected chi connectivity index (χ2v) is 14.4. The van der Waals surface area contributed by atoms with Crippen LogP contribution in [0.4, 0.5) is 0 Å². The molecule has 10 N–H and O–H groups in total. The number of hydrogen-bond donors (Lipinski definition) is 9. The van der Waals surface area contributed by atoms with E-state index < -0.39 is 104 Å². The number of hydrogen-bond acceptors (Lipinski definition) is 14. The monoisotopic (exact) mass is 821 g/mol. The Bertz CT molecular complexity index is 1870. The van der Waals surface area contributed by atoms with Crippen LogP contribution in [0.3, 0.4) is 0 Å². The number of aliphatic hydroxyl groups is 3. The highest BCUT2D eigenvalue weighted by Gasteiger charge is 2.46. The largest absolute Gasteiger partial charge is 0.508 e. The van der Waals surface area contributed by atoms with Crippen molar-refractivity contribution in [3.8, 4) is 5.75 Å². The van der Waals surface area contributed by atoms with Gasteiger partial charge in [0.25, 0.3) is 0 Å². The van der Waals surface area contributed by atoms with Crippen molar-refractivity contribution in [3.05, 3.63) is 102 Å². The van der Waals surface area contributed by atoms with E-state index in [1.54, 1.807) is 74.5 Å².